The first kappa shape index (κ1) is 13.8. The molecule has 2 N–H and O–H groups in total. The molecule has 0 fully saturated rings. The second-order valence-electron chi connectivity index (χ2n) is 4.66. The van der Waals surface area contributed by atoms with Crippen LogP contribution in [0.4, 0.5) is 0 Å². The van der Waals surface area contributed by atoms with Gasteiger partial charge in [-0.3, -0.25) is 4.79 Å². The molecule has 0 aliphatic carbocycles. The summed E-state index contributed by atoms with van der Waals surface area (Å²) in [6, 6.07) is 11.5. The number of amides is 1. The van der Waals surface area contributed by atoms with Gasteiger partial charge in [0.2, 0.25) is 5.91 Å². The van der Waals surface area contributed by atoms with Gasteiger partial charge in [0.25, 0.3) is 0 Å². The van der Waals surface area contributed by atoms with E-state index < -0.39 is 0 Å². The predicted octanol–water partition coefficient (Wildman–Crippen LogP) is 3.00. The molecule has 1 heterocycles. The molecular weight excluding hydrogens is 286 g/mol. The highest BCUT2D eigenvalue weighted by Gasteiger charge is 2.31. The van der Waals surface area contributed by atoms with E-state index >= 15 is 0 Å². The minimum atomic E-state index is -0.383. The summed E-state index contributed by atoms with van der Waals surface area (Å²) < 4.78 is 10.9. The van der Waals surface area contributed by atoms with E-state index in [2.05, 4.69) is 0 Å². The lowest BCUT2D eigenvalue weighted by Gasteiger charge is -2.27. The maximum atomic E-state index is 11.7. The van der Waals surface area contributed by atoms with E-state index in [1.165, 1.54) is 11.8 Å². The Labute approximate surface area is 127 Å². The van der Waals surface area contributed by atoms with Crippen molar-refractivity contribution in [2.75, 3.05) is 14.2 Å². The molecular formula is C16H15NO3S. The van der Waals surface area contributed by atoms with Crippen molar-refractivity contribution in [3.05, 3.63) is 42.0 Å². The smallest absolute Gasteiger partial charge is 0.235 e. The van der Waals surface area contributed by atoms with Gasteiger partial charge >= 0.3 is 0 Å². The molecule has 0 aromatic heterocycles. The lowest BCUT2D eigenvalue weighted by molar-refractivity contribution is -0.117. The van der Waals surface area contributed by atoms with Crippen LogP contribution in [0.5, 0.6) is 11.5 Å². The van der Waals surface area contributed by atoms with Gasteiger partial charge in [-0.1, -0.05) is 24.3 Å². The zero-order valence-electron chi connectivity index (χ0n) is 11.8. The SMILES string of the molecule is COc1ccc2c(c1OC)-c1ccccc1C(C(N)=O)S2. The van der Waals surface area contributed by atoms with Crippen molar-refractivity contribution in [3.63, 3.8) is 0 Å². The van der Waals surface area contributed by atoms with Gasteiger partial charge in [-0.15, -0.1) is 11.8 Å². The fourth-order valence-electron chi connectivity index (χ4n) is 2.62. The summed E-state index contributed by atoms with van der Waals surface area (Å²) in [5.74, 6) is 1.01. The molecule has 0 radical (unpaired) electrons. The van der Waals surface area contributed by atoms with Gasteiger partial charge in [-0.25, -0.2) is 0 Å². The molecule has 1 atom stereocenters. The van der Waals surface area contributed by atoms with Crippen molar-refractivity contribution in [3.8, 4) is 22.6 Å². The highest BCUT2D eigenvalue weighted by atomic mass is 32.2. The van der Waals surface area contributed by atoms with Gasteiger partial charge in [0.05, 0.1) is 14.2 Å². The summed E-state index contributed by atoms with van der Waals surface area (Å²) in [5.41, 5.74) is 8.38. The summed E-state index contributed by atoms with van der Waals surface area (Å²) >= 11 is 1.45. The van der Waals surface area contributed by atoms with Crippen molar-refractivity contribution in [2.24, 2.45) is 5.73 Å². The largest absolute Gasteiger partial charge is 0.493 e. The topological polar surface area (TPSA) is 61.6 Å². The van der Waals surface area contributed by atoms with Gasteiger partial charge < -0.3 is 15.2 Å². The Morgan fingerprint density at radius 2 is 1.90 bits per heavy atom. The van der Waals surface area contributed by atoms with E-state index in [9.17, 15) is 4.79 Å². The Morgan fingerprint density at radius 1 is 1.14 bits per heavy atom. The number of carbonyl (C=O) groups excluding carboxylic acids is 1. The van der Waals surface area contributed by atoms with Crippen LogP contribution >= 0.6 is 11.8 Å². The van der Waals surface area contributed by atoms with Gasteiger partial charge in [0.1, 0.15) is 5.25 Å². The molecule has 1 aliphatic heterocycles. The van der Waals surface area contributed by atoms with Gasteiger partial charge in [-0.2, -0.15) is 0 Å². The first-order valence-corrected chi connectivity index (χ1v) is 7.35. The van der Waals surface area contributed by atoms with Gasteiger partial charge in [0.15, 0.2) is 11.5 Å². The molecule has 5 heteroatoms. The second kappa shape index (κ2) is 5.33. The minimum absolute atomic E-state index is 0.340. The molecule has 108 valence electrons. The van der Waals surface area contributed by atoms with Crippen LogP contribution in [0.1, 0.15) is 10.8 Å². The first-order valence-electron chi connectivity index (χ1n) is 6.47. The van der Waals surface area contributed by atoms with Crippen LogP contribution < -0.4 is 15.2 Å². The van der Waals surface area contributed by atoms with Crippen LogP contribution in [-0.4, -0.2) is 20.1 Å². The summed E-state index contributed by atoms with van der Waals surface area (Å²) in [6.07, 6.45) is 0. The molecule has 4 nitrogen and oxygen atoms in total. The van der Waals surface area contributed by atoms with Crippen LogP contribution in [0.15, 0.2) is 41.3 Å². The third-order valence-corrected chi connectivity index (χ3v) is 4.84. The normalized spacial score (nSPS) is 15.8. The number of primary amides is 1. The number of rotatable bonds is 3. The summed E-state index contributed by atoms with van der Waals surface area (Å²) in [5, 5.41) is -0.383. The monoisotopic (exact) mass is 301 g/mol. The van der Waals surface area contributed by atoms with E-state index in [4.69, 9.17) is 15.2 Å². The van der Waals surface area contributed by atoms with Gasteiger partial charge in [0, 0.05) is 10.5 Å². The zero-order chi connectivity index (χ0) is 15.0. The van der Waals surface area contributed by atoms with Crippen LogP contribution in [0.2, 0.25) is 0 Å². The summed E-state index contributed by atoms with van der Waals surface area (Å²) in [6.45, 7) is 0. The van der Waals surface area contributed by atoms with Crippen LogP contribution in [-0.2, 0) is 4.79 Å². The Hall–Kier alpha value is -2.14. The fraction of sp³-hybridized carbons (Fsp3) is 0.188. The quantitative estimate of drug-likeness (QED) is 0.946. The minimum Gasteiger partial charge on any atom is -0.493 e. The Bertz CT molecular complexity index is 715. The summed E-state index contributed by atoms with van der Waals surface area (Å²) in [7, 11) is 3.23. The number of methoxy groups -OCH3 is 2. The van der Waals surface area contributed by atoms with Crippen molar-refractivity contribution < 1.29 is 14.3 Å². The standard InChI is InChI=1S/C16H15NO3S/c1-19-11-7-8-12-13(14(11)20-2)9-5-3-4-6-10(9)15(21-12)16(17)18/h3-8,15H,1-2H3,(H2,17,18). The number of nitrogens with two attached hydrogens (primary N) is 1. The molecule has 1 amide bonds. The molecule has 3 rings (SSSR count). The number of thioether (sulfide) groups is 1. The lowest BCUT2D eigenvalue weighted by atomic mass is 9.95. The number of hydrogen-bond acceptors (Lipinski definition) is 4. The molecule has 21 heavy (non-hydrogen) atoms. The molecule has 1 aliphatic rings. The maximum absolute atomic E-state index is 11.7. The van der Waals surface area contributed by atoms with Crippen LogP contribution in [0.25, 0.3) is 11.1 Å². The van der Waals surface area contributed by atoms with Crippen molar-refractivity contribution in [2.45, 2.75) is 10.1 Å². The third-order valence-electron chi connectivity index (χ3n) is 3.52. The Kier molecular flexibility index (Phi) is 3.51. The zero-order valence-corrected chi connectivity index (χ0v) is 12.6. The van der Waals surface area contributed by atoms with Gasteiger partial charge in [-0.05, 0) is 23.3 Å². The predicted molar refractivity (Wildman–Crippen MR) is 82.8 cm³/mol. The molecule has 0 saturated heterocycles. The van der Waals surface area contributed by atoms with E-state index in [0.29, 0.717) is 11.5 Å². The van der Waals surface area contributed by atoms with Crippen LogP contribution in [0.3, 0.4) is 0 Å². The van der Waals surface area contributed by atoms with E-state index in [-0.39, 0.29) is 11.2 Å². The lowest BCUT2D eigenvalue weighted by Crippen LogP contribution is -2.21. The number of benzene rings is 2. The number of carbonyl (C=O) groups is 1. The Balaban J connectivity index is 2.30. The Morgan fingerprint density at radius 3 is 2.57 bits per heavy atom. The van der Waals surface area contributed by atoms with E-state index in [0.717, 1.165) is 21.6 Å². The average molecular weight is 301 g/mol. The van der Waals surface area contributed by atoms with Crippen LogP contribution in [0, 0.1) is 0 Å². The third kappa shape index (κ3) is 2.14. The molecule has 0 saturated carbocycles. The van der Waals surface area contributed by atoms with Crippen molar-refractivity contribution >= 4 is 17.7 Å². The van der Waals surface area contributed by atoms with Crippen molar-refractivity contribution in [1.82, 2.24) is 0 Å². The number of ether oxygens (including phenoxy) is 2. The van der Waals surface area contributed by atoms with E-state index in [1.807, 2.05) is 36.4 Å². The van der Waals surface area contributed by atoms with Crippen molar-refractivity contribution in [1.29, 1.82) is 0 Å². The maximum Gasteiger partial charge on any atom is 0.235 e. The number of hydrogen-bond donors (Lipinski definition) is 1. The fourth-order valence-corrected chi connectivity index (χ4v) is 3.79. The number of fused-ring (bicyclic) bond motifs is 3. The average Bonchev–Trinajstić information content (AvgIpc) is 2.52. The second-order valence-corrected chi connectivity index (χ2v) is 5.81. The first-order chi connectivity index (χ1) is 10.2. The molecule has 0 spiro atoms. The summed E-state index contributed by atoms with van der Waals surface area (Å²) in [4.78, 5) is 12.7. The molecule has 2 aromatic carbocycles. The molecule has 2 aromatic rings. The highest BCUT2D eigenvalue weighted by Crippen LogP contribution is 2.54. The molecule has 0 bridgehead atoms. The highest BCUT2D eigenvalue weighted by molar-refractivity contribution is 8.00. The molecule has 1 unspecified atom stereocenters. The van der Waals surface area contributed by atoms with E-state index in [1.54, 1.807) is 14.2 Å².